The summed E-state index contributed by atoms with van der Waals surface area (Å²) < 4.78 is 46.2. The van der Waals surface area contributed by atoms with E-state index in [2.05, 4.69) is 49.8 Å². The summed E-state index contributed by atoms with van der Waals surface area (Å²) in [5.74, 6) is 0.488. The van der Waals surface area contributed by atoms with Gasteiger partial charge < -0.3 is 19.9 Å². The molecule has 0 spiro atoms. The summed E-state index contributed by atoms with van der Waals surface area (Å²) >= 11 is 1.06. The van der Waals surface area contributed by atoms with Crippen LogP contribution in [0.4, 0.5) is 19.0 Å². The summed E-state index contributed by atoms with van der Waals surface area (Å²) in [4.78, 5) is 23.0. The molecular weight excluding hydrogens is 567 g/mol. The summed E-state index contributed by atoms with van der Waals surface area (Å²) in [7, 11) is 0. The number of piperidine rings is 1. The van der Waals surface area contributed by atoms with Gasteiger partial charge in [0, 0.05) is 54.5 Å². The van der Waals surface area contributed by atoms with Crippen molar-refractivity contribution in [3.8, 4) is 6.07 Å². The molecule has 2 N–H and O–H groups in total. The van der Waals surface area contributed by atoms with Gasteiger partial charge in [-0.25, -0.2) is 9.97 Å². The molecule has 2 saturated heterocycles. The van der Waals surface area contributed by atoms with Crippen LogP contribution in [0.15, 0.2) is 36.7 Å². The zero-order chi connectivity index (χ0) is 29.3. The minimum Gasteiger partial charge on any atom is -0.367 e. The van der Waals surface area contributed by atoms with Gasteiger partial charge in [0.2, 0.25) is 5.91 Å². The monoisotopic (exact) mass is 597 g/mol. The van der Waals surface area contributed by atoms with Crippen molar-refractivity contribution in [1.29, 1.82) is 5.26 Å². The number of thiophene rings is 1. The van der Waals surface area contributed by atoms with Crippen LogP contribution >= 0.6 is 11.3 Å². The third kappa shape index (κ3) is 6.51. The van der Waals surface area contributed by atoms with Crippen molar-refractivity contribution in [2.24, 2.45) is 0 Å². The van der Waals surface area contributed by atoms with Crippen LogP contribution in [0, 0.1) is 11.3 Å². The second-order valence-corrected chi connectivity index (χ2v) is 12.0. The largest absolute Gasteiger partial charge is 0.393 e. The highest BCUT2D eigenvalue weighted by atomic mass is 32.1. The van der Waals surface area contributed by atoms with Gasteiger partial charge in [0.05, 0.1) is 17.9 Å². The normalized spacial score (nSPS) is 18.8. The molecule has 0 bridgehead atoms. The maximum atomic E-state index is 12.9. The van der Waals surface area contributed by atoms with E-state index in [-0.39, 0.29) is 29.5 Å². The summed E-state index contributed by atoms with van der Waals surface area (Å²) in [5.41, 5.74) is 2.77. The van der Waals surface area contributed by atoms with Crippen LogP contribution in [0.1, 0.15) is 35.4 Å². The molecule has 2 fully saturated rings. The Morgan fingerprint density at radius 3 is 2.76 bits per heavy atom. The first-order valence-corrected chi connectivity index (χ1v) is 14.8. The number of nitrogens with one attached hydrogen (secondary N) is 2. The number of carbonyl (C=O) groups is 1. The van der Waals surface area contributed by atoms with E-state index in [0.717, 1.165) is 54.7 Å². The van der Waals surface area contributed by atoms with Crippen molar-refractivity contribution in [1.82, 2.24) is 24.8 Å². The topological polar surface area (TPSA) is 108 Å². The van der Waals surface area contributed by atoms with Gasteiger partial charge in [-0.2, -0.15) is 18.4 Å². The van der Waals surface area contributed by atoms with E-state index in [1.54, 1.807) is 6.07 Å². The van der Waals surface area contributed by atoms with E-state index in [1.807, 2.05) is 10.6 Å². The van der Waals surface area contributed by atoms with Crippen LogP contribution in [0.25, 0.3) is 21.1 Å². The lowest BCUT2D eigenvalue weighted by atomic mass is 10.0. The fourth-order valence-electron chi connectivity index (χ4n) is 5.73. The van der Waals surface area contributed by atoms with Gasteiger partial charge in [0.25, 0.3) is 0 Å². The molecule has 220 valence electrons. The Bertz CT molecular complexity index is 1630. The number of aromatic nitrogens is 3. The predicted octanol–water partition coefficient (Wildman–Crippen LogP) is 4.60. The number of ether oxygens (including phenoxy) is 1. The number of hydrogen-bond acceptors (Lipinski definition) is 8. The molecule has 0 aliphatic carbocycles. The molecule has 9 nitrogen and oxygen atoms in total. The number of halogens is 3. The summed E-state index contributed by atoms with van der Waals surface area (Å²) in [5, 5.41) is 17.7. The third-order valence-corrected chi connectivity index (χ3v) is 8.86. The fourth-order valence-corrected chi connectivity index (χ4v) is 6.76. The van der Waals surface area contributed by atoms with Gasteiger partial charge in [-0.15, -0.1) is 11.3 Å². The van der Waals surface area contributed by atoms with Crippen molar-refractivity contribution in [3.63, 3.8) is 0 Å². The molecule has 1 unspecified atom stereocenters. The molecule has 1 aromatic carbocycles. The molecule has 2 aliphatic heterocycles. The lowest BCUT2D eigenvalue weighted by molar-refractivity contribution is -0.133. The molecule has 4 aromatic rings. The minimum absolute atomic E-state index is 0.0687. The molecule has 1 amide bonds. The SMILES string of the molecule is N#Cc1cc2cc(CN3CCC(Nc4ncnc5sc(CC(F)(F)F)cc45)CC3)ccc2n1CCC1CNC(=O)CO1. The zero-order valence-electron chi connectivity index (χ0n) is 22.8. The van der Waals surface area contributed by atoms with Crippen molar-refractivity contribution in [2.45, 2.75) is 57.1 Å². The number of aryl methyl sites for hydroxylation is 1. The Labute approximate surface area is 244 Å². The highest BCUT2D eigenvalue weighted by Gasteiger charge is 2.29. The first-order valence-electron chi connectivity index (χ1n) is 13.9. The predicted molar refractivity (Wildman–Crippen MR) is 153 cm³/mol. The number of hydrogen-bond donors (Lipinski definition) is 2. The third-order valence-electron chi connectivity index (χ3n) is 7.82. The van der Waals surface area contributed by atoms with Gasteiger partial charge in [-0.3, -0.25) is 9.69 Å². The van der Waals surface area contributed by atoms with E-state index in [1.165, 1.54) is 11.9 Å². The Morgan fingerprint density at radius 2 is 2.02 bits per heavy atom. The molecule has 0 radical (unpaired) electrons. The van der Waals surface area contributed by atoms with E-state index in [4.69, 9.17) is 4.74 Å². The number of nitriles is 1. The molecule has 6 rings (SSSR count). The van der Waals surface area contributed by atoms with E-state index in [9.17, 15) is 23.2 Å². The maximum Gasteiger partial charge on any atom is 0.393 e. The standard InChI is InChI=1S/C29H30F3N7O2S/c30-29(31,32)12-23-11-24-27(35-17-36-28(24)42-23)37-20-3-6-38(7-4-20)15-18-1-2-25-19(9-18)10-21(13-33)39(25)8-5-22-14-34-26(40)16-41-22/h1-2,9-11,17,20,22H,3-8,12,14-16H2,(H,34,40)(H,35,36,37). The summed E-state index contributed by atoms with van der Waals surface area (Å²) in [6, 6.07) is 12.3. The first-order chi connectivity index (χ1) is 20.2. The molecule has 5 heterocycles. The molecule has 42 heavy (non-hydrogen) atoms. The number of fused-ring (bicyclic) bond motifs is 2. The van der Waals surface area contributed by atoms with Crippen LogP contribution in [-0.4, -0.2) is 69.9 Å². The number of carbonyl (C=O) groups excluding carboxylic acids is 1. The van der Waals surface area contributed by atoms with Gasteiger partial charge in [-0.05, 0) is 49.1 Å². The summed E-state index contributed by atoms with van der Waals surface area (Å²) in [6.07, 6.45) is -1.43. The quantitative estimate of drug-likeness (QED) is 0.306. The fraction of sp³-hybridized carbons (Fsp3) is 0.448. The van der Waals surface area contributed by atoms with Gasteiger partial charge >= 0.3 is 6.18 Å². The number of anilines is 1. The summed E-state index contributed by atoms with van der Waals surface area (Å²) in [6.45, 7) is 3.71. The van der Waals surface area contributed by atoms with Crippen molar-refractivity contribution >= 4 is 44.2 Å². The van der Waals surface area contributed by atoms with Gasteiger partial charge in [-0.1, -0.05) is 6.07 Å². The second kappa shape index (κ2) is 11.9. The average molecular weight is 598 g/mol. The number of amides is 1. The zero-order valence-corrected chi connectivity index (χ0v) is 23.6. The first kappa shape index (κ1) is 28.4. The molecule has 2 aliphatic rings. The maximum absolute atomic E-state index is 12.9. The van der Waals surface area contributed by atoms with E-state index in [0.29, 0.717) is 41.2 Å². The Hall–Kier alpha value is -3.73. The van der Waals surface area contributed by atoms with Crippen LogP contribution in [0.2, 0.25) is 0 Å². The van der Waals surface area contributed by atoms with Crippen LogP contribution in [0.3, 0.4) is 0 Å². The Balaban J connectivity index is 1.05. The molecule has 3 aromatic heterocycles. The smallest absolute Gasteiger partial charge is 0.367 e. The van der Waals surface area contributed by atoms with Crippen LogP contribution in [-0.2, 0) is 29.0 Å². The number of alkyl halides is 3. The van der Waals surface area contributed by atoms with Crippen LogP contribution < -0.4 is 10.6 Å². The molecular formula is C29H30F3N7O2S. The number of morpholine rings is 1. The van der Waals surface area contributed by atoms with Crippen molar-refractivity contribution in [3.05, 3.63) is 52.8 Å². The lowest BCUT2D eigenvalue weighted by Crippen LogP contribution is -2.43. The Kier molecular flexibility index (Phi) is 8.02. The van der Waals surface area contributed by atoms with Gasteiger partial charge in [0.15, 0.2) is 0 Å². The highest BCUT2D eigenvalue weighted by Crippen LogP contribution is 2.33. The van der Waals surface area contributed by atoms with Gasteiger partial charge in [0.1, 0.15) is 35.3 Å². The average Bonchev–Trinajstić information content (AvgIpc) is 3.53. The van der Waals surface area contributed by atoms with Crippen molar-refractivity contribution in [2.75, 3.05) is 31.6 Å². The molecule has 1 atom stereocenters. The number of rotatable bonds is 8. The number of benzene rings is 1. The second-order valence-electron chi connectivity index (χ2n) is 10.9. The molecule has 0 saturated carbocycles. The van der Waals surface area contributed by atoms with E-state index < -0.39 is 12.6 Å². The number of likely N-dealkylation sites (tertiary alicyclic amines) is 1. The molecule has 13 heteroatoms. The minimum atomic E-state index is -4.26. The van der Waals surface area contributed by atoms with E-state index >= 15 is 0 Å². The van der Waals surface area contributed by atoms with Crippen LogP contribution in [0.5, 0.6) is 0 Å². The van der Waals surface area contributed by atoms with Crippen molar-refractivity contribution < 1.29 is 22.7 Å². The lowest BCUT2D eigenvalue weighted by Gasteiger charge is -2.32. The number of nitrogens with zero attached hydrogens (tertiary/aromatic N) is 5. The Morgan fingerprint density at radius 1 is 1.19 bits per heavy atom. The highest BCUT2D eigenvalue weighted by molar-refractivity contribution is 7.18.